The maximum Gasteiger partial charge on any atom is 0.415 e. The molecule has 1 aromatic rings. The van der Waals surface area contributed by atoms with Gasteiger partial charge in [0.25, 0.3) is 0 Å². The minimum absolute atomic E-state index is 0.00206. The van der Waals surface area contributed by atoms with E-state index in [1.807, 2.05) is 11.4 Å². The topological polar surface area (TPSA) is 85.1 Å². The molecule has 2 aliphatic rings. The van der Waals surface area contributed by atoms with Crippen LogP contribution in [0.15, 0.2) is 11.4 Å². The Kier molecular flexibility index (Phi) is 4.09. The van der Waals surface area contributed by atoms with Crippen molar-refractivity contribution in [3.05, 3.63) is 17.0 Å². The van der Waals surface area contributed by atoms with Gasteiger partial charge in [0, 0.05) is 19.6 Å². The lowest BCUT2D eigenvalue weighted by atomic mass is 10.3. The Morgan fingerprint density at radius 3 is 3.00 bits per heavy atom. The Morgan fingerprint density at radius 1 is 1.43 bits per heavy atom. The Morgan fingerprint density at radius 2 is 2.29 bits per heavy atom. The van der Waals surface area contributed by atoms with Crippen LogP contribution in [0.3, 0.4) is 0 Å². The van der Waals surface area contributed by atoms with Crippen molar-refractivity contribution in [2.45, 2.75) is 12.6 Å². The number of hydrogen-bond acceptors (Lipinski definition) is 6. The van der Waals surface area contributed by atoms with Gasteiger partial charge in [-0.1, -0.05) is 0 Å². The first kappa shape index (κ1) is 14.3. The first-order valence-electron chi connectivity index (χ1n) is 6.78. The number of thiophene rings is 1. The van der Waals surface area contributed by atoms with Crippen molar-refractivity contribution < 1.29 is 19.1 Å². The molecular weight excluding hydrogens is 294 g/mol. The molecule has 3 rings (SSSR count). The number of carbonyl (C=O) groups is 2. The molecule has 114 valence electrons. The highest BCUT2D eigenvalue weighted by Crippen LogP contribution is 2.29. The fourth-order valence-corrected chi connectivity index (χ4v) is 3.26. The van der Waals surface area contributed by atoms with E-state index in [0.717, 1.165) is 10.6 Å². The van der Waals surface area contributed by atoms with Gasteiger partial charge in [0.2, 0.25) is 5.91 Å². The summed E-state index contributed by atoms with van der Waals surface area (Å²) in [6, 6.07) is 1.92. The molecule has 2 saturated heterocycles. The number of ether oxygens (including phenoxy) is 2. The van der Waals surface area contributed by atoms with Gasteiger partial charge >= 0.3 is 6.09 Å². The van der Waals surface area contributed by atoms with Crippen LogP contribution < -0.4 is 10.6 Å². The van der Waals surface area contributed by atoms with Crippen LogP contribution in [0, 0.1) is 0 Å². The van der Waals surface area contributed by atoms with E-state index >= 15 is 0 Å². The molecule has 0 unspecified atom stereocenters. The summed E-state index contributed by atoms with van der Waals surface area (Å²) >= 11 is 1.47. The molecule has 7 nitrogen and oxygen atoms in total. The molecule has 3 heterocycles. The summed E-state index contributed by atoms with van der Waals surface area (Å²) in [7, 11) is 0. The third-order valence-corrected chi connectivity index (χ3v) is 4.50. The third-order valence-electron chi connectivity index (χ3n) is 3.50. The number of hydrogen-bond donors (Lipinski definition) is 1. The molecule has 2 fully saturated rings. The SMILES string of the molecule is NC[C@H]1CN(c2cc(CN3CCOCC3=O)cs2)C(=O)O1. The van der Waals surface area contributed by atoms with E-state index < -0.39 is 0 Å². The molecule has 0 radical (unpaired) electrons. The first-order valence-corrected chi connectivity index (χ1v) is 7.66. The van der Waals surface area contributed by atoms with E-state index in [2.05, 4.69) is 0 Å². The Bertz CT molecular complexity index is 547. The number of morpholine rings is 1. The molecule has 1 atom stereocenters. The van der Waals surface area contributed by atoms with E-state index in [1.165, 1.54) is 11.3 Å². The average molecular weight is 311 g/mol. The Balaban J connectivity index is 1.66. The fraction of sp³-hybridized carbons (Fsp3) is 0.538. The van der Waals surface area contributed by atoms with Gasteiger partial charge < -0.3 is 20.1 Å². The molecule has 0 bridgehead atoms. The lowest BCUT2D eigenvalue weighted by molar-refractivity contribution is -0.143. The average Bonchev–Trinajstić information content (AvgIpc) is 3.07. The number of cyclic esters (lactones) is 1. The van der Waals surface area contributed by atoms with Crippen molar-refractivity contribution in [2.24, 2.45) is 5.73 Å². The summed E-state index contributed by atoms with van der Waals surface area (Å²) in [6.45, 7) is 2.66. The highest BCUT2D eigenvalue weighted by Gasteiger charge is 2.32. The zero-order valence-corrected chi connectivity index (χ0v) is 12.3. The van der Waals surface area contributed by atoms with E-state index in [4.69, 9.17) is 15.2 Å². The van der Waals surface area contributed by atoms with Gasteiger partial charge in [0.15, 0.2) is 0 Å². The van der Waals surface area contributed by atoms with Crippen molar-refractivity contribution in [3.63, 3.8) is 0 Å². The van der Waals surface area contributed by atoms with E-state index in [9.17, 15) is 9.59 Å². The maximum absolute atomic E-state index is 11.8. The zero-order chi connectivity index (χ0) is 14.8. The molecule has 2 aliphatic heterocycles. The highest BCUT2D eigenvalue weighted by molar-refractivity contribution is 7.14. The summed E-state index contributed by atoms with van der Waals surface area (Å²) in [4.78, 5) is 26.8. The predicted octanol–water partition coefficient (Wildman–Crippen LogP) is 0.391. The summed E-state index contributed by atoms with van der Waals surface area (Å²) in [5, 5.41) is 2.79. The monoisotopic (exact) mass is 311 g/mol. The number of anilines is 1. The van der Waals surface area contributed by atoms with Crippen LogP contribution >= 0.6 is 11.3 Å². The number of amides is 2. The molecule has 2 amide bonds. The molecule has 21 heavy (non-hydrogen) atoms. The second-order valence-corrected chi connectivity index (χ2v) is 5.90. The summed E-state index contributed by atoms with van der Waals surface area (Å²) in [5.41, 5.74) is 6.53. The van der Waals surface area contributed by atoms with Gasteiger partial charge in [-0.15, -0.1) is 11.3 Å². The van der Waals surface area contributed by atoms with Crippen LogP contribution in [0.2, 0.25) is 0 Å². The number of carbonyl (C=O) groups excluding carboxylic acids is 2. The quantitative estimate of drug-likeness (QED) is 0.869. The molecule has 8 heteroatoms. The second kappa shape index (κ2) is 6.00. The zero-order valence-electron chi connectivity index (χ0n) is 11.5. The van der Waals surface area contributed by atoms with Crippen molar-refractivity contribution >= 4 is 28.3 Å². The Hall–Kier alpha value is -1.64. The van der Waals surface area contributed by atoms with Crippen molar-refractivity contribution in [1.29, 1.82) is 0 Å². The molecule has 1 aromatic heterocycles. The maximum atomic E-state index is 11.8. The van der Waals surface area contributed by atoms with Gasteiger partial charge in [0.1, 0.15) is 17.7 Å². The first-order chi connectivity index (χ1) is 10.2. The van der Waals surface area contributed by atoms with Crippen molar-refractivity contribution in [2.75, 3.05) is 37.7 Å². The molecule has 0 aliphatic carbocycles. The summed E-state index contributed by atoms with van der Waals surface area (Å²) < 4.78 is 10.2. The number of rotatable bonds is 4. The largest absolute Gasteiger partial charge is 0.443 e. The molecule has 0 saturated carbocycles. The molecule has 0 aromatic carbocycles. The van der Waals surface area contributed by atoms with E-state index in [1.54, 1.807) is 9.80 Å². The van der Waals surface area contributed by atoms with Crippen LogP contribution in [0.4, 0.5) is 9.80 Å². The van der Waals surface area contributed by atoms with Crippen molar-refractivity contribution in [1.82, 2.24) is 4.90 Å². The van der Waals surface area contributed by atoms with Gasteiger partial charge in [-0.3, -0.25) is 9.69 Å². The van der Waals surface area contributed by atoms with Crippen LogP contribution in [-0.4, -0.2) is 55.9 Å². The minimum atomic E-state index is -0.360. The third kappa shape index (κ3) is 3.02. The predicted molar refractivity (Wildman–Crippen MR) is 77.2 cm³/mol. The van der Waals surface area contributed by atoms with Gasteiger partial charge in [-0.2, -0.15) is 0 Å². The number of nitrogens with two attached hydrogens (primary N) is 1. The van der Waals surface area contributed by atoms with E-state index in [0.29, 0.717) is 32.8 Å². The lowest BCUT2D eigenvalue weighted by Gasteiger charge is -2.26. The van der Waals surface area contributed by atoms with Gasteiger partial charge in [-0.05, 0) is 17.0 Å². The minimum Gasteiger partial charge on any atom is -0.443 e. The standard InChI is InChI=1S/C13H17N3O4S/c14-4-10-6-16(13(18)20-10)12-3-9(8-21-12)5-15-1-2-19-7-11(15)17/h3,8,10H,1-2,4-7,14H2/t10-/m0/s1. The fourth-order valence-electron chi connectivity index (χ4n) is 2.35. The summed E-state index contributed by atoms with van der Waals surface area (Å²) in [5.74, 6) is -0.00206. The number of nitrogens with zero attached hydrogens (tertiary/aromatic N) is 2. The summed E-state index contributed by atoms with van der Waals surface area (Å²) in [6.07, 6.45) is -0.606. The normalized spacial score (nSPS) is 22.8. The van der Waals surface area contributed by atoms with E-state index in [-0.39, 0.29) is 24.7 Å². The molecule has 0 spiro atoms. The lowest BCUT2D eigenvalue weighted by Crippen LogP contribution is -2.40. The Labute approximate surface area is 126 Å². The van der Waals surface area contributed by atoms with Crippen LogP contribution in [0.5, 0.6) is 0 Å². The smallest absolute Gasteiger partial charge is 0.415 e. The highest BCUT2D eigenvalue weighted by atomic mass is 32.1. The van der Waals surface area contributed by atoms with Crippen LogP contribution in [0.1, 0.15) is 5.56 Å². The van der Waals surface area contributed by atoms with Gasteiger partial charge in [-0.25, -0.2) is 4.79 Å². The molecular formula is C13H17N3O4S. The van der Waals surface area contributed by atoms with Gasteiger partial charge in [0.05, 0.1) is 13.2 Å². The van der Waals surface area contributed by atoms with Crippen molar-refractivity contribution in [3.8, 4) is 0 Å². The van der Waals surface area contributed by atoms with Crippen LogP contribution in [0.25, 0.3) is 0 Å². The van der Waals surface area contributed by atoms with Crippen LogP contribution in [-0.2, 0) is 20.8 Å². The second-order valence-electron chi connectivity index (χ2n) is 5.01. The molecule has 2 N–H and O–H groups in total.